The molecule has 6 nitrogen and oxygen atoms in total. The van der Waals surface area contributed by atoms with Gasteiger partial charge in [0, 0.05) is 29.8 Å². The van der Waals surface area contributed by atoms with Gasteiger partial charge in [-0.1, -0.05) is 54.6 Å². The second kappa shape index (κ2) is 11.7. The molecular weight excluding hydrogens is 404 g/mol. The molecule has 0 aliphatic carbocycles. The van der Waals surface area contributed by atoms with E-state index in [2.05, 4.69) is 10.6 Å². The normalized spacial score (nSPS) is 11.4. The van der Waals surface area contributed by atoms with Gasteiger partial charge in [-0.2, -0.15) is 0 Å². The van der Waals surface area contributed by atoms with E-state index >= 15 is 0 Å². The zero-order valence-electron chi connectivity index (χ0n) is 18.3. The van der Waals surface area contributed by atoms with E-state index in [0.717, 1.165) is 17.9 Å². The largest absolute Gasteiger partial charge is 0.492 e. The van der Waals surface area contributed by atoms with Crippen LogP contribution in [0.2, 0.25) is 0 Å². The van der Waals surface area contributed by atoms with Crippen LogP contribution in [0.4, 0.5) is 5.69 Å². The number of hydrogen-bond acceptors (Lipinski definition) is 6. The van der Waals surface area contributed by atoms with Gasteiger partial charge in [-0.3, -0.25) is 4.79 Å². The third-order valence-electron chi connectivity index (χ3n) is 5.01. The Labute approximate surface area is 188 Å². The molecule has 166 valence electrons. The molecule has 0 bridgehead atoms. The van der Waals surface area contributed by atoms with Gasteiger partial charge in [0.15, 0.2) is 5.78 Å². The Bertz CT molecular complexity index is 1020. The van der Waals surface area contributed by atoms with E-state index < -0.39 is 12.0 Å². The van der Waals surface area contributed by atoms with Crippen molar-refractivity contribution in [2.75, 3.05) is 32.6 Å². The smallest absolute Gasteiger partial charge is 0.328 e. The van der Waals surface area contributed by atoms with Crippen LogP contribution in [0.5, 0.6) is 5.75 Å². The quantitative estimate of drug-likeness (QED) is 0.273. The molecule has 3 aromatic rings. The van der Waals surface area contributed by atoms with Crippen LogP contribution in [-0.4, -0.2) is 45.1 Å². The lowest BCUT2D eigenvalue weighted by atomic mass is 10.00. The van der Waals surface area contributed by atoms with E-state index in [1.807, 2.05) is 55.6 Å². The number of ketones is 1. The maximum Gasteiger partial charge on any atom is 0.328 e. The summed E-state index contributed by atoms with van der Waals surface area (Å²) in [6, 6.07) is 23.2. The monoisotopic (exact) mass is 432 g/mol. The minimum absolute atomic E-state index is 0.111. The van der Waals surface area contributed by atoms with E-state index in [1.54, 1.807) is 30.3 Å². The third kappa shape index (κ3) is 6.18. The van der Waals surface area contributed by atoms with Crippen molar-refractivity contribution in [1.82, 2.24) is 5.32 Å². The van der Waals surface area contributed by atoms with Gasteiger partial charge in [0.2, 0.25) is 0 Å². The molecule has 0 aliphatic rings. The molecule has 0 amide bonds. The van der Waals surface area contributed by atoms with Crippen LogP contribution in [0.15, 0.2) is 78.9 Å². The summed E-state index contributed by atoms with van der Waals surface area (Å²) in [4.78, 5) is 25.5. The van der Waals surface area contributed by atoms with Crippen LogP contribution in [0.25, 0.3) is 0 Å². The number of anilines is 1. The number of esters is 1. The second-order valence-corrected chi connectivity index (χ2v) is 7.26. The number of nitrogens with one attached hydrogen (secondary N) is 2. The van der Waals surface area contributed by atoms with Gasteiger partial charge in [-0.15, -0.1) is 0 Å². The summed E-state index contributed by atoms with van der Waals surface area (Å²) in [5.41, 5.74) is 2.62. The Morgan fingerprint density at radius 3 is 2.28 bits per heavy atom. The third-order valence-corrected chi connectivity index (χ3v) is 5.01. The Hall–Kier alpha value is -3.64. The average Bonchev–Trinajstić information content (AvgIpc) is 2.84. The maximum atomic E-state index is 13.0. The fourth-order valence-corrected chi connectivity index (χ4v) is 3.30. The fraction of sp³-hybridized carbons (Fsp3) is 0.231. The van der Waals surface area contributed by atoms with Gasteiger partial charge in [-0.25, -0.2) is 4.79 Å². The summed E-state index contributed by atoms with van der Waals surface area (Å²) in [7, 11) is 3.23. The Morgan fingerprint density at radius 2 is 1.59 bits per heavy atom. The van der Waals surface area contributed by atoms with Gasteiger partial charge >= 0.3 is 5.97 Å². The molecule has 0 saturated carbocycles. The molecular formula is C26H28N2O4. The van der Waals surface area contributed by atoms with Crippen LogP contribution >= 0.6 is 0 Å². The number of benzene rings is 3. The highest BCUT2D eigenvalue weighted by Crippen LogP contribution is 2.22. The van der Waals surface area contributed by atoms with Crippen LogP contribution in [0, 0.1) is 0 Å². The molecule has 0 radical (unpaired) electrons. The zero-order valence-corrected chi connectivity index (χ0v) is 18.3. The summed E-state index contributed by atoms with van der Waals surface area (Å²) in [5.74, 6) is 0.257. The minimum Gasteiger partial charge on any atom is -0.492 e. The maximum absolute atomic E-state index is 13.0. The van der Waals surface area contributed by atoms with E-state index in [9.17, 15) is 9.59 Å². The number of methoxy groups -OCH3 is 1. The standard InChI is InChI=1S/C26H28N2O4/c1-27-16-17-32-21-14-12-19(13-15-21)18-24(26(30)31-2)28-23-11-7-6-10-22(23)25(29)20-8-4-3-5-9-20/h3-15,24,27-28H,16-18H2,1-2H3/t24-/m0/s1. The average molecular weight is 433 g/mol. The van der Waals surface area contributed by atoms with Crippen molar-refractivity contribution in [3.8, 4) is 5.75 Å². The first-order chi connectivity index (χ1) is 15.6. The molecule has 0 saturated heterocycles. The van der Waals surface area contributed by atoms with E-state index in [-0.39, 0.29) is 5.78 Å². The van der Waals surface area contributed by atoms with Crippen molar-refractivity contribution in [1.29, 1.82) is 0 Å². The molecule has 1 atom stereocenters. The number of ether oxygens (including phenoxy) is 2. The Balaban J connectivity index is 1.77. The second-order valence-electron chi connectivity index (χ2n) is 7.26. The predicted molar refractivity (Wildman–Crippen MR) is 125 cm³/mol. The molecule has 3 rings (SSSR count). The number of likely N-dealkylation sites (N-methyl/N-ethyl adjacent to an activating group) is 1. The first-order valence-electron chi connectivity index (χ1n) is 10.5. The summed E-state index contributed by atoms with van der Waals surface area (Å²) < 4.78 is 10.7. The molecule has 0 aliphatic heterocycles. The summed E-state index contributed by atoms with van der Waals surface area (Å²) in [5, 5.41) is 6.25. The van der Waals surface area contributed by atoms with Gasteiger partial charge in [0.1, 0.15) is 18.4 Å². The fourth-order valence-electron chi connectivity index (χ4n) is 3.30. The number of carbonyl (C=O) groups excluding carboxylic acids is 2. The zero-order chi connectivity index (χ0) is 22.8. The molecule has 6 heteroatoms. The van der Waals surface area contributed by atoms with Crippen molar-refractivity contribution in [3.05, 3.63) is 95.6 Å². The Morgan fingerprint density at radius 1 is 0.906 bits per heavy atom. The topological polar surface area (TPSA) is 76.7 Å². The van der Waals surface area contributed by atoms with Crippen molar-refractivity contribution in [3.63, 3.8) is 0 Å². The van der Waals surface area contributed by atoms with Crippen LogP contribution in [-0.2, 0) is 16.0 Å². The highest BCUT2D eigenvalue weighted by molar-refractivity contribution is 6.12. The molecule has 32 heavy (non-hydrogen) atoms. The molecule has 0 spiro atoms. The summed E-state index contributed by atoms with van der Waals surface area (Å²) in [6.45, 7) is 1.34. The lowest BCUT2D eigenvalue weighted by molar-refractivity contribution is -0.141. The van der Waals surface area contributed by atoms with Crippen LogP contribution < -0.4 is 15.4 Å². The van der Waals surface area contributed by atoms with Gasteiger partial charge < -0.3 is 20.1 Å². The lowest BCUT2D eigenvalue weighted by Gasteiger charge is -2.20. The van der Waals surface area contributed by atoms with Crippen LogP contribution in [0.3, 0.4) is 0 Å². The first-order valence-corrected chi connectivity index (χ1v) is 10.5. The molecule has 0 unspecified atom stereocenters. The van der Waals surface area contributed by atoms with Crippen molar-refractivity contribution in [2.45, 2.75) is 12.5 Å². The molecule has 0 heterocycles. The number of para-hydroxylation sites is 1. The summed E-state index contributed by atoms with van der Waals surface area (Å²) in [6.07, 6.45) is 0.400. The summed E-state index contributed by atoms with van der Waals surface area (Å²) >= 11 is 0. The highest BCUT2D eigenvalue weighted by Gasteiger charge is 2.22. The van der Waals surface area contributed by atoms with E-state index in [0.29, 0.717) is 29.8 Å². The molecule has 0 aromatic heterocycles. The van der Waals surface area contributed by atoms with Gasteiger partial charge in [0.25, 0.3) is 0 Å². The van der Waals surface area contributed by atoms with Gasteiger partial charge in [0.05, 0.1) is 7.11 Å². The number of hydrogen-bond donors (Lipinski definition) is 2. The first kappa shape index (κ1) is 23.0. The minimum atomic E-state index is -0.652. The van der Waals surface area contributed by atoms with Gasteiger partial charge in [-0.05, 0) is 36.9 Å². The number of carbonyl (C=O) groups is 2. The predicted octanol–water partition coefficient (Wildman–Crippen LogP) is 3.71. The van der Waals surface area contributed by atoms with Crippen molar-refractivity contribution >= 4 is 17.4 Å². The number of rotatable bonds is 11. The van der Waals surface area contributed by atoms with Crippen molar-refractivity contribution in [2.24, 2.45) is 0 Å². The molecule has 0 fully saturated rings. The van der Waals surface area contributed by atoms with E-state index in [4.69, 9.17) is 9.47 Å². The lowest BCUT2D eigenvalue weighted by Crippen LogP contribution is -2.33. The van der Waals surface area contributed by atoms with Crippen LogP contribution in [0.1, 0.15) is 21.5 Å². The SMILES string of the molecule is CNCCOc1ccc(C[C@H](Nc2ccccc2C(=O)c2ccccc2)C(=O)OC)cc1. The Kier molecular flexibility index (Phi) is 8.40. The van der Waals surface area contributed by atoms with Crippen molar-refractivity contribution < 1.29 is 19.1 Å². The molecule has 2 N–H and O–H groups in total. The molecule has 3 aromatic carbocycles. The highest BCUT2D eigenvalue weighted by atomic mass is 16.5. The van der Waals surface area contributed by atoms with E-state index in [1.165, 1.54) is 7.11 Å².